The first-order chi connectivity index (χ1) is 10.8. The van der Waals surface area contributed by atoms with Crippen molar-refractivity contribution in [2.45, 2.75) is 31.8 Å². The van der Waals surface area contributed by atoms with Crippen molar-refractivity contribution in [3.8, 4) is 0 Å². The molecule has 0 unspecified atom stereocenters. The number of thiazole rings is 1. The Kier molecular flexibility index (Phi) is 3.26. The van der Waals surface area contributed by atoms with E-state index in [1.807, 2.05) is 10.7 Å². The van der Waals surface area contributed by atoms with Gasteiger partial charge in [0.15, 0.2) is 10.8 Å². The quantitative estimate of drug-likeness (QED) is 0.780. The van der Waals surface area contributed by atoms with Crippen molar-refractivity contribution in [3.63, 3.8) is 0 Å². The van der Waals surface area contributed by atoms with E-state index in [0.717, 1.165) is 23.1 Å². The van der Waals surface area contributed by atoms with Gasteiger partial charge in [-0.1, -0.05) is 0 Å². The minimum Gasteiger partial charge on any atom is -0.343 e. The smallest absolute Gasteiger partial charge is 0.280 e. The number of pyridine rings is 1. The van der Waals surface area contributed by atoms with Crippen molar-refractivity contribution in [2.75, 3.05) is 0 Å². The number of tetrazole rings is 1. The molecule has 1 amide bonds. The van der Waals surface area contributed by atoms with Crippen molar-refractivity contribution < 1.29 is 4.79 Å². The van der Waals surface area contributed by atoms with Gasteiger partial charge in [-0.3, -0.25) is 9.78 Å². The van der Waals surface area contributed by atoms with Gasteiger partial charge in [0.25, 0.3) is 5.91 Å². The standard InChI is InChI=1S/C13H13N7OS/c21-12(13-16-9-6-14-5-4-10(9)22-13)15-7-11-17-18-19-20(11)8-2-1-3-8/h4-6,8H,1-3,7H2,(H,15,21). The molecule has 1 aliphatic rings. The first-order valence-corrected chi connectivity index (χ1v) is 7.88. The molecule has 22 heavy (non-hydrogen) atoms. The van der Waals surface area contributed by atoms with E-state index in [-0.39, 0.29) is 5.91 Å². The normalized spacial score (nSPS) is 14.9. The highest BCUT2D eigenvalue weighted by molar-refractivity contribution is 7.20. The van der Waals surface area contributed by atoms with Gasteiger partial charge in [-0.2, -0.15) is 0 Å². The van der Waals surface area contributed by atoms with E-state index in [1.165, 1.54) is 17.8 Å². The van der Waals surface area contributed by atoms with Crippen LogP contribution in [0.3, 0.4) is 0 Å². The highest BCUT2D eigenvalue weighted by atomic mass is 32.1. The largest absolute Gasteiger partial charge is 0.343 e. The van der Waals surface area contributed by atoms with Crippen LogP contribution in [0.2, 0.25) is 0 Å². The zero-order valence-electron chi connectivity index (χ0n) is 11.6. The maximum Gasteiger partial charge on any atom is 0.280 e. The summed E-state index contributed by atoms with van der Waals surface area (Å²) in [5.74, 6) is 0.463. The summed E-state index contributed by atoms with van der Waals surface area (Å²) in [6.45, 7) is 0.302. The van der Waals surface area contributed by atoms with Crippen LogP contribution in [0.15, 0.2) is 18.5 Å². The maximum atomic E-state index is 12.2. The van der Waals surface area contributed by atoms with E-state index in [9.17, 15) is 4.79 Å². The fourth-order valence-corrected chi connectivity index (χ4v) is 3.20. The summed E-state index contributed by atoms with van der Waals surface area (Å²) in [5, 5.41) is 14.9. The van der Waals surface area contributed by atoms with Gasteiger partial charge in [0.2, 0.25) is 0 Å². The van der Waals surface area contributed by atoms with Crippen molar-refractivity contribution >= 4 is 27.5 Å². The zero-order chi connectivity index (χ0) is 14.9. The number of amides is 1. The van der Waals surface area contributed by atoms with Crippen LogP contribution in [-0.4, -0.2) is 36.1 Å². The third kappa shape index (κ3) is 2.33. The fourth-order valence-electron chi connectivity index (χ4n) is 2.36. The Labute approximate surface area is 129 Å². The van der Waals surface area contributed by atoms with Crippen LogP contribution in [0.25, 0.3) is 10.2 Å². The third-order valence-electron chi connectivity index (χ3n) is 3.77. The Bertz CT molecular complexity index is 790. The maximum absolute atomic E-state index is 12.2. The molecule has 4 rings (SSSR count). The van der Waals surface area contributed by atoms with E-state index < -0.39 is 0 Å². The van der Waals surface area contributed by atoms with Gasteiger partial charge in [-0.15, -0.1) is 16.4 Å². The average Bonchev–Trinajstić information content (AvgIpc) is 3.09. The first-order valence-electron chi connectivity index (χ1n) is 7.07. The summed E-state index contributed by atoms with van der Waals surface area (Å²) in [7, 11) is 0. The van der Waals surface area contributed by atoms with Gasteiger partial charge in [0, 0.05) is 6.20 Å². The van der Waals surface area contributed by atoms with E-state index in [2.05, 4.69) is 30.8 Å². The summed E-state index contributed by atoms with van der Waals surface area (Å²) < 4.78 is 2.76. The van der Waals surface area contributed by atoms with Crippen molar-refractivity contribution in [1.82, 2.24) is 35.5 Å². The number of aromatic nitrogens is 6. The van der Waals surface area contributed by atoms with Gasteiger partial charge in [-0.25, -0.2) is 9.67 Å². The van der Waals surface area contributed by atoms with Crippen LogP contribution in [0.4, 0.5) is 0 Å². The van der Waals surface area contributed by atoms with E-state index >= 15 is 0 Å². The zero-order valence-corrected chi connectivity index (χ0v) is 12.5. The van der Waals surface area contributed by atoms with Crippen LogP contribution in [-0.2, 0) is 6.54 Å². The van der Waals surface area contributed by atoms with Crippen LogP contribution < -0.4 is 5.32 Å². The van der Waals surface area contributed by atoms with Crippen LogP contribution in [0, 0.1) is 0 Å². The lowest BCUT2D eigenvalue weighted by molar-refractivity contribution is 0.0948. The molecule has 3 aromatic heterocycles. The first kappa shape index (κ1) is 13.3. The van der Waals surface area contributed by atoms with Crippen LogP contribution >= 0.6 is 11.3 Å². The molecular formula is C13H13N7OS. The fraction of sp³-hybridized carbons (Fsp3) is 0.385. The van der Waals surface area contributed by atoms with Gasteiger partial charge < -0.3 is 5.32 Å². The van der Waals surface area contributed by atoms with Gasteiger partial charge in [-0.05, 0) is 35.8 Å². The van der Waals surface area contributed by atoms with Gasteiger partial charge >= 0.3 is 0 Å². The third-order valence-corrected chi connectivity index (χ3v) is 4.81. The predicted octanol–water partition coefficient (Wildman–Crippen LogP) is 1.33. The molecule has 9 heteroatoms. The van der Waals surface area contributed by atoms with Crippen LogP contribution in [0.5, 0.6) is 0 Å². The van der Waals surface area contributed by atoms with Gasteiger partial charge in [0.05, 0.1) is 23.5 Å². The summed E-state index contributed by atoms with van der Waals surface area (Å²) in [6, 6.07) is 2.22. The van der Waals surface area contributed by atoms with Crippen LogP contribution in [0.1, 0.15) is 40.9 Å². The van der Waals surface area contributed by atoms with E-state index in [1.54, 1.807) is 12.4 Å². The Morgan fingerprint density at radius 2 is 2.36 bits per heavy atom. The number of nitrogens with zero attached hydrogens (tertiary/aromatic N) is 6. The molecular weight excluding hydrogens is 302 g/mol. The summed E-state index contributed by atoms with van der Waals surface area (Å²) >= 11 is 1.35. The molecule has 1 aliphatic carbocycles. The number of fused-ring (bicyclic) bond motifs is 1. The molecule has 1 fully saturated rings. The molecule has 112 valence electrons. The lowest BCUT2D eigenvalue weighted by atomic mass is 9.93. The molecule has 3 aromatic rings. The van der Waals surface area contributed by atoms with Crippen molar-refractivity contribution in [3.05, 3.63) is 29.3 Å². The highest BCUT2D eigenvalue weighted by Gasteiger charge is 2.24. The SMILES string of the molecule is O=C(NCc1nnnn1C1CCC1)c1nc2cnccc2s1. The molecule has 3 heterocycles. The monoisotopic (exact) mass is 315 g/mol. The minimum absolute atomic E-state index is 0.218. The predicted molar refractivity (Wildman–Crippen MR) is 79.3 cm³/mol. The Balaban J connectivity index is 1.47. The van der Waals surface area contributed by atoms with E-state index in [4.69, 9.17) is 0 Å². The van der Waals surface area contributed by atoms with Gasteiger partial charge in [0.1, 0.15) is 5.52 Å². The lowest BCUT2D eigenvalue weighted by Crippen LogP contribution is -2.27. The van der Waals surface area contributed by atoms with Crippen molar-refractivity contribution in [2.24, 2.45) is 0 Å². The minimum atomic E-state index is -0.218. The number of carbonyl (C=O) groups is 1. The molecule has 0 aliphatic heterocycles. The number of nitrogens with one attached hydrogen (secondary N) is 1. The number of carbonyl (C=O) groups excluding carboxylic acids is 1. The molecule has 0 radical (unpaired) electrons. The Morgan fingerprint density at radius 3 is 3.14 bits per heavy atom. The number of rotatable bonds is 4. The van der Waals surface area contributed by atoms with E-state index in [0.29, 0.717) is 23.4 Å². The van der Waals surface area contributed by atoms with Crippen molar-refractivity contribution in [1.29, 1.82) is 0 Å². The molecule has 0 bridgehead atoms. The molecule has 1 saturated carbocycles. The molecule has 0 saturated heterocycles. The summed E-state index contributed by atoms with van der Waals surface area (Å²) in [5.41, 5.74) is 0.733. The lowest BCUT2D eigenvalue weighted by Gasteiger charge is -2.25. The summed E-state index contributed by atoms with van der Waals surface area (Å²) in [6.07, 6.45) is 6.73. The summed E-state index contributed by atoms with van der Waals surface area (Å²) in [4.78, 5) is 20.5. The molecule has 1 N–H and O–H groups in total. The second-order valence-electron chi connectivity index (χ2n) is 5.17. The Hall–Kier alpha value is -2.42. The second kappa shape index (κ2) is 5.41. The topological polar surface area (TPSA) is 98.5 Å². The molecule has 8 nitrogen and oxygen atoms in total. The highest BCUT2D eigenvalue weighted by Crippen LogP contribution is 2.31. The molecule has 0 aromatic carbocycles. The molecule has 0 atom stereocenters. The Morgan fingerprint density at radius 1 is 1.45 bits per heavy atom. The average molecular weight is 315 g/mol. The second-order valence-corrected chi connectivity index (χ2v) is 6.20. The number of hydrogen-bond donors (Lipinski definition) is 1. The molecule has 0 spiro atoms. The number of hydrogen-bond acceptors (Lipinski definition) is 7.